The van der Waals surface area contributed by atoms with Crippen LogP contribution >= 0.6 is 11.6 Å². The highest BCUT2D eigenvalue weighted by molar-refractivity contribution is 6.30. The largest absolute Gasteiger partial charge is 0.491 e. The van der Waals surface area contributed by atoms with E-state index in [1.165, 1.54) is 0 Å². The van der Waals surface area contributed by atoms with Crippen molar-refractivity contribution < 1.29 is 14.3 Å². The predicted molar refractivity (Wildman–Crippen MR) is 128 cm³/mol. The van der Waals surface area contributed by atoms with Gasteiger partial charge in [0, 0.05) is 34.3 Å². The number of nitrogens with two attached hydrogens (primary N) is 1. The molecule has 33 heavy (non-hydrogen) atoms. The van der Waals surface area contributed by atoms with Gasteiger partial charge in [0.1, 0.15) is 18.4 Å². The molecule has 2 aliphatic heterocycles. The van der Waals surface area contributed by atoms with Gasteiger partial charge in [0.25, 0.3) is 5.91 Å². The lowest BCUT2D eigenvalue weighted by atomic mass is 9.96. The molecule has 3 N–H and O–H groups in total. The Morgan fingerprint density at radius 3 is 2.64 bits per heavy atom. The molecule has 0 saturated carbocycles. The van der Waals surface area contributed by atoms with E-state index in [0.717, 1.165) is 11.1 Å². The predicted octanol–water partition coefficient (Wildman–Crippen LogP) is 4.37. The first kappa shape index (κ1) is 21.5. The molecule has 1 saturated heterocycles. The maximum Gasteiger partial charge on any atom is 0.254 e. The van der Waals surface area contributed by atoms with Gasteiger partial charge in [-0.05, 0) is 48.4 Å². The van der Waals surface area contributed by atoms with Gasteiger partial charge < -0.3 is 20.7 Å². The van der Waals surface area contributed by atoms with E-state index in [9.17, 15) is 9.59 Å². The quantitative estimate of drug-likeness (QED) is 0.604. The van der Waals surface area contributed by atoms with Crippen molar-refractivity contribution in [1.82, 2.24) is 4.90 Å². The molecule has 3 atom stereocenters. The van der Waals surface area contributed by atoms with Crippen molar-refractivity contribution in [2.75, 3.05) is 18.5 Å². The number of halogens is 1. The first-order valence-corrected chi connectivity index (χ1v) is 11.3. The highest BCUT2D eigenvalue weighted by Crippen LogP contribution is 2.36. The minimum Gasteiger partial charge on any atom is -0.491 e. The number of nitrogens with zero attached hydrogens (tertiary/aromatic N) is 1. The van der Waals surface area contributed by atoms with E-state index in [-0.39, 0.29) is 23.8 Å². The van der Waals surface area contributed by atoms with Crippen LogP contribution in [0.1, 0.15) is 39.9 Å². The number of hydrogen-bond donors (Lipinski definition) is 2. The summed E-state index contributed by atoms with van der Waals surface area (Å²) in [6.45, 7) is 0.855. The first-order valence-electron chi connectivity index (χ1n) is 10.9. The topological polar surface area (TPSA) is 84.7 Å². The summed E-state index contributed by atoms with van der Waals surface area (Å²) in [5, 5.41) is 3.46. The molecule has 168 valence electrons. The minimum absolute atomic E-state index is 0.0604. The number of rotatable bonds is 4. The molecule has 0 aliphatic carbocycles. The molecule has 2 heterocycles. The Bertz CT molecular complexity index is 1200. The molecule has 7 heteroatoms. The molecular formula is C26H24ClN3O3. The number of carbonyl (C=O) groups is 2. The lowest BCUT2D eigenvalue weighted by molar-refractivity contribution is -0.119. The molecule has 3 aromatic rings. The lowest BCUT2D eigenvalue weighted by Gasteiger charge is -2.24. The Kier molecular flexibility index (Phi) is 5.79. The number of carbonyl (C=O) groups excluding carboxylic acids is 2. The standard InChI is InChI=1S/C26H24ClN3O3/c27-19-7-4-8-20(13-19)29-25(31)23-12-18(16-5-2-1-3-6-16)14-30(23)26(32)17-9-10-24-21(11-17)22(28)15-33-24/h1-11,13,18,22-23H,12,14-15,28H2,(H,29,31)/t18-,22?,23-/m0/s1. The lowest BCUT2D eigenvalue weighted by Crippen LogP contribution is -2.43. The highest BCUT2D eigenvalue weighted by atomic mass is 35.5. The van der Waals surface area contributed by atoms with Crippen molar-refractivity contribution in [3.63, 3.8) is 0 Å². The molecule has 2 amide bonds. The second kappa shape index (κ2) is 8.89. The Hall–Kier alpha value is -3.35. The average molecular weight is 462 g/mol. The third-order valence-electron chi connectivity index (χ3n) is 6.30. The van der Waals surface area contributed by atoms with Crippen LogP contribution in [0.2, 0.25) is 5.02 Å². The van der Waals surface area contributed by atoms with Crippen molar-refractivity contribution in [2.45, 2.75) is 24.4 Å². The van der Waals surface area contributed by atoms with Crippen LogP contribution in [0.5, 0.6) is 5.75 Å². The molecular weight excluding hydrogens is 438 g/mol. The molecule has 1 fully saturated rings. The van der Waals surface area contributed by atoms with Gasteiger partial charge in [-0.25, -0.2) is 0 Å². The van der Waals surface area contributed by atoms with Crippen molar-refractivity contribution in [3.8, 4) is 5.75 Å². The van der Waals surface area contributed by atoms with Gasteiger partial charge >= 0.3 is 0 Å². The third kappa shape index (κ3) is 4.32. The van der Waals surface area contributed by atoms with Crippen LogP contribution in [-0.2, 0) is 4.79 Å². The second-order valence-corrected chi connectivity index (χ2v) is 8.92. The van der Waals surface area contributed by atoms with Gasteiger partial charge in [-0.3, -0.25) is 9.59 Å². The van der Waals surface area contributed by atoms with Gasteiger partial charge in [-0.1, -0.05) is 48.0 Å². The molecule has 5 rings (SSSR count). The van der Waals surface area contributed by atoms with Crippen molar-refractivity contribution in [1.29, 1.82) is 0 Å². The summed E-state index contributed by atoms with van der Waals surface area (Å²) in [5.74, 6) is 0.343. The number of anilines is 1. The van der Waals surface area contributed by atoms with E-state index in [1.807, 2.05) is 30.3 Å². The van der Waals surface area contributed by atoms with Gasteiger partial charge in [0.2, 0.25) is 5.91 Å². The van der Waals surface area contributed by atoms with E-state index in [4.69, 9.17) is 22.1 Å². The Morgan fingerprint density at radius 2 is 1.85 bits per heavy atom. The fourth-order valence-electron chi connectivity index (χ4n) is 4.61. The van der Waals surface area contributed by atoms with Crippen molar-refractivity contribution >= 4 is 29.1 Å². The summed E-state index contributed by atoms with van der Waals surface area (Å²) in [6, 6.07) is 21.4. The Labute approximate surface area is 197 Å². The summed E-state index contributed by atoms with van der Waals surface area (Å²) < 4.78 is 5.56. The molecule has 1 unspecified atom stereocenters. The van der Waals surface area contributed by atoms with Crippen molar-refractivity contribution in [3.05, 3.63) is 94.5 Å². The zero-order chi connectivity index (χ0) is 22.9. The van der Waals surface area contributed by atoms with Crippen LogP contribution in [0.15, 0.2) is 72.8 Å². The van der Waals surface area contributed by atoms with Gasteiger partial charge in [-0.15, -0.1) is 0 Å². The number of likely N-dealkylation sites (tertiary alicyclic amines) is 1. The van der Waals surface area contributed by atoms with Crippen LogP contribution in [0.4, 0.5) is 5.69 Å². The number of ether oxygens (including phenoxy) is 1. The molecule has 3 aromatic carbocycles. The number of benzene rings is 3. The van der Waals surface area contributed by atoms with Crippen LogP contribution in [0.3, 0.4) is 0 Å². The van der Waals surface area contributed by atoms with Crippen molar-refractivity contribution in [2.24, 2.45) is 5.73 Å². The highest BCUT2D eigenvalue weighted by Gasteiger charge is 2.40. The monoisotopic (exact) mass is 461 g/mol. The molecule has 0 radical (unpaired) electrons. The van der Waals surface area contributed by atoms with Gasteiger partial charge in [-0.2, -0.15) is 0 Å². The summed E-state index contributed by atoms with van der Waals surface area (Å²) in [6.07, 6.45) is 0.537. The van der Waals surface area contributed by atoms with Crippen LogP contribution in [0.25, 0.3) is 0 Å². The van der Waals surface area contributed by atoms with E-state index in [2.05, 4.69) is 5.32 Å². The molecule has 2 aliphatic rings. The number of hydrogen-bond acceptors (Lipinski definition) is 4. The van der Waals surface area contributed by atoms with Crippen LogP contribution in [0, 0.1) is 0 Å². The summed E-state index contributed by atoms with van der Waals surface area (Å²) in [4.78, 5) is 28.6. The summed E-state index contributed by atoms with van der Waals surface area (Å²) in [5.41, 5.74) is 9.15. The fraction of sp³-hybridized carbons (Fsp3) is 0.231. The van der Waals surface area contributed by atoms with Crippen LogP contribution in [-0.4, -0.2) is 35.9 Å². The third-order valence-corrected chi connectivity index (χ3v) is 6.54. The van der Waals surface area contributed by atoms with Crippen LogP contribution < -0.4 is 15.8 Å². The fourth-order valence-corrected chi connectivity index (χ4v) is 4.80. The van der Waals surface area contributed by atoms with Gasteiger partial charge in [0.05, 0.1) is 6.04 Å². The normalized spacial score (nSPS) is 21.4. The Morgan fingerprint density at radius 1 is 1.03 bits per heavy atom. The van der Waals surface area contributed by atoms with E-state index < -0.39 is 6.04 Å². The maximum absolute atomic E-state index is 13.6. The second-order valence-electron chi connectivity index (χ2n) is 8.49. The summed E-state index contributed by atoms with van der Waals surface area (Å²) >= 11 is 6.07. The maximum atomic E-state index is 13.6. The minimum atomic E-state index is -0.611. The van der Waals surface area contributed by atoms with E-state index in [1.54, 1.807) is 47.4 Å². The average Bonchev–Trinajstić information content (AvgIpc) is 3.43. The number of fused-ring (bicyclic) bond motifs is 1. The Balaban J connectivity index is 1.44. The first-order chi connectivity index (χ1) is 16.0. The number of nitrogens with one attached hydrogen (secondary N) is 1. The van der Waals surface area contributed by atoms with Gasteiger partial charge in [0.15, 0.2) is 0 Å². The summed E-state index contributed by atoms with van der Waals surface area (Å²) in [7, 11) is 0. The smallest absolute Gasteiger partial charge is 0.254 e. The SMILES string of the molecule is NC1COc2ccc(C(=O)N3C[C@@H](c4ccccc4)C[C@H]3C(=O)Nc3cccc(Cl)c3)cc21. The zero-order valence-corrected chi connectivity index (χ0v) is 18.7. The molecule has 0 aromatic heterocycles. The van der Waals surface area contributed by atoms with E-state index >= 15 is 0 Å². The molecule has 0 spiro atoms. The molecule has 6 nitrogen and oxygen atoms in total. The zero-order valence-electron chi connectivity index (χ0n) is 17.9. The molecule has 0 bridgehead atoms. The number of amides is 2. The van der Waals surface area contributed by atoms with E-state index in [0.29, 0.717) is 41.6 Å².